The average Bonchev–Trinajstić information content (AvgIpc) is 2.64. The fourth-order valence-corrected chi connectivity index (χ4v) is 3.34. The third-order valence-corrected chi connectivity index (χ3v) is 4.90. The molecular weight excluding hydrogens is 342 g/mol. The first-order valence-electron chi connectivity index (χ1n) is 7.62. The number of ether oxygens (including phenoxy) is 1. The molecule has 0 aliphatic carbocycles. The van der Waals surface area contributed by atoms with E-state index in [0.29, 0.717) is 4.90 Å². The molecule has 25 heavy (non-hydrogen) atoms. The van der Waals surface area contributed by atoms with Crippen molar-refractivity contribution in [3.63, 3.8) is 0 Å². The SMILES string of the molecule is COC(=O)[C@@H](CC[S@@](=O)c1ccccc1)NC(=O)c1cccc(O)c1. The van der Waals surface area contributed by atoms with Gasteiger partial charge in [0.1, 0.15) is 11.8 Å². The van der Waals surface area contributed by atoms with Gasteiger partial charge in [0.15, 0.2) is 0 Å². The number of esters is 1. The van der Waals surface area contributed by atoms with E-state index in [1.165, 1.54) is 31.4 Å². The first-order chi connectivity index (χ1) is 12.0. The van der Waals surface area contributed by atoms with E-state index < -0.39 is 28.7 Å². The van der Waals surface area contributed by atoms with E-state index in [1.54, 1.807) is 24.3 Å². The minimum absolute atomic E-state index is 0.0487. The van der Waals surface area contributed by atoms with Crippen LogP contribution in [0.3, 0.4) is 0 Å². The molecule has 1 amide bonds. The van der Waals surface area contributed by atoms with Gasteiger partial charge in [0.2, 0.25) is 0 Å². The molecule has 0 heterocycles. The minimum atomic E-state index is -1.28. The molecule has 2 atom stereocenters. The Balaban J connectivity index is 2.02. The Hall–Kier alpha value is -2.67. The highest BCUT2D eigenvalue weighted by Gasteiger charge is 2.23. The van der Waals surface area contributed by atoms with Crippen LogP contribution < -0.4 is 5.32 Å². The third kappa shape index (κ3) is 5.42. The lowest BCUT2D eigenvalue weighted by molar-refractivity contribution is -0.142. The number of carbonyl (C=O) groups is 2. The zero-order valence-corrected chi connectivity index (χ0v) is 14.5. The topological polar surface area (TPSA) is 92.7 Å². The zero-order chi connectivity index (χ0) is 18.2. The van der Waals surface area contributed by atoms with Gasteiger partial charge in [0.25, 0.3) is 5.91 Å². The molecule has 7 heteroatoms. The molecule has 132 valence electrons. The Kier molecular flexibility index (Phi) is 6.71. The lowest BCUT2D eigenvalue weighted by Crippen LogP contribution is -2.42. The predicted molar refractivity (Wildman–Crippen MR) is 93.7 cm³/mol. The number of amides is 1. The van der Waals surface area contributed by atoms with Crippen LogP contribution >= 0.6 is 0 Å². The molecule has 0 spiro atoms. The fourth-order valence-electron chi connectivity index (χ4n) is 2.19. The van der Waals surface area contributed by atoms with Crippen molar-refractivity contribution in [2.75, 3.05) is 12.9 Å². The van der Waals surface area contributed by atoms with Gasteiger partial charge in [-0.2, -0.15) is 0 Å². The Morgan fingerprint density at radius 2 is 1.88 bits per heavy atom. The highest BCUT2D eigenvalue weighted by molar-refractivity contribution is 7.85. The summed E-state index contributed by atoms with van der Waals surface area (Å²) in [5, 5.41) is 12.0. The summed E-state index contributed by atoms with van der Waals surface area (Å²) in [4.78, 5) is 24.8. The van der Waals surface area contributed by atoms with Crippen molar-refractivity contribution in [2.24, 2.45) is 0 Å². The predicted octanol–water partition coefficient (Wildman–Crippen LogP) is 1.86. The van der Waals surface area contributed by atoms with E-state index in [9.17, 15) is 18.9 Å². The van der Waals surface area contributed by atoms with Gasteiger partial charge in [-0.25, -0.2) is 4.79 Å². The van der Waals surface area contributed by atoms with E-state index >= 15 is 0 Å². The third-order valence-electron chi connectivity index (χ3n) is 3.50. The van der Waals surface area contributed by atoms with E-state index in [0.717, 1.165) is 0 Å². The van der Waals surface area contributed by atoms with Crippen LogP contribution in [0, 0.1) is 0 Å². The average molecular weight is 361 g/mol. The number of benzene rings is 2. The maximum absolute atomic E-state index is 12.3. The maximum Gasteiger partial charge on any atom is 0.328 e. The summed E-state index contributed by atoms with van der Waals surface area (Å²) in [5.41, 5.74) is 0.220. The second-order valence-corrected chi connectivity index (χ2v) is 6.82. The van der Waals surface area contributed by atoms with Crippen molar-refractivity contribution >= 4 is 22.7 Å². The van der Waals surface area contributed by atoms with E-state index in [1.807, 2.05) is 6.07 Å². The van der Waals surface area contributed by atoms with Crippen LogP contribution in [0.5, 0.6) is 5.75 Å². The van der Waals surface area contributed by atoms with Crippen molar-refractivity contribution in [1.82, 2.24) is 5.32 Å². The van der Waals surface area contributed by atoms with Gasteiger partial charge in [0.05, 0.1) is 17.9 Å². The molecule has 0 radical (unpaired) electrons. The molecule has 0 bridgehead atoms. The molecule has 0 saturated carbocycles. The Labute approximate surface area is 148 Å². The summed E-state index contributed by atoms with van der Waals surface area (Å²) < 4.78 is 17.0. The molecule has 0 aliphatic rings. The monoisotopic (exact) mass is 361 g/mol. The molecule has 2 aromatic carbocycles. The normalized spacial score (nSPS) is 12.8. The summed E-state index contributed by atoms with van der Waals surface area (Å²) in [5.74, 6) is -0.979. The van der Waals surface area contributed by atoms with Gasteiger partial charge in [-0.15, -0.1) is 0 Å². The summed E-state index contributed by atoms with van der Waals surface area (Å²) in [6.07, 6.45) is 0.165. The van der Waals surface area contributed by atoms with Gasteiger partial charge in [-0.3, -0.25) is 9.00 Å². The van der Waals surface area contributed by atoms with Crippen molar-refractivity contribution in [1.29, 1.82) is 0 Å². The summed E-state index contributed by atoms with van der Waals surface area (Å²) in [6.45, 7) is 0. The minimum Gasteiger partial charge on any atom is -0.508 e. The van der Waals surface area contributed by atoms with E-state index in [2.05, 4.69) is 5.32 Å². The van der Waals surface area contributed by atoms with Crippen LogP contribution in [0.2, 0.25) is 0 Å². The number of phenolic OH excluding ortho intramolecular Hbond substituents is 1. The Bertz CT molecular complexity index is 763. The van der Waals surface area contributed by atoms with Crippen molar-refractivity contribution in [3.05, 3.63) is 60.2 Å². The summed E-state index contributed by atoms with van der Waals surface area (Å²) in [7, 11) is -0.0584. The Morgan fingerprint density at radius 1 is 1.16 bits per heavy atom. The largest absolute Gasteiger partial charge is 0.508 e. The van der Waals surface area contributed by atoms with Crippen LogP contribution in [-0.2, 0) is 20.3 Å². The molecule has 6 nitrogen and oxygen atoms in total. The maximum atomic E-state index is 12.3. The summed E-state index contributed by atoms with van der Waals surface area (Å²) in [6, 6.07) is 13.8. The first-order valence-corrected chi connectivity index (χ1v) is 8.94. The van der Waals surface area contributed by atoms with Gasteiger partial charge in [-0.1, -0.05) is 24.3 Å². The van der Waals surface area contributed by atoms with Crippen LogP contribution in [0.1, 0.15) is 16.8 Å². The van der Waals surface area contributed by atoms with Crippen molar-refractivity contribution in [3.8, 4) is 5.75 Å². The molecule has 0 unspecified atom stereocenters. The first kappa shape index (κ1) is 18.7. The second kappa shape index (κ2) is 8.98. The second-order valence-electron chi connectivity index (χ2n) is 5.25. The van der Waals surface area contributed by atoms with Crippen LogP contribution in [0.15, 0.2) is 59.5 Å². The number of methoxy groups -OCH3 is 1. The number of aromatic hydroxyl groups is 1. The van der Waals surface area contributed by atoms with Gasteiger partial charge in [-0.05, 0) is 36.8 Å². The van der Waals surface area contributed by atoms with Crippen molar-refractivity contribution < 1.29 is 23.6 Å². The van der Waals surface area contributed by atoms with E-state index in [-0.39, 0.29) is 23.5 Å². The number of hydrogen-bond donors (Lipinski definition) is 2. The molecule has 2 N–H and O–H groups in total. The van der Waals surface area contributed by atoms with Crippen LogP contribution in [0.25, 0.3) is 0 Å². The number of hydrogen-bond acceptors (Lipinski definition) is 5. The van der Waals surface area contributed by atoms with Crippen molar-refractivity contribution in [2.45, 2.75) is 17.4 Å². The van der Waals surface area contributed by atoms with E-state index in [4.69, 9.17) is 4.74 Å². The van der Waals surface area contributed by atoms with Gasteiger partial charge >= 0.3 is 5.97 Å². The molecular formula is C18H19NO5S. The molecule has 2 rings (SSSR count). The molecule has 0 aliphatic heterocycles. The van der Waals surface area contributed by atoms with Gasteiger partial charge in [0, 0.05) is 16.2 Å². The number of rotatable bonds is 7. The lowest BCUT2D eigenvalue weighted by atomic mass is 10.1. The zero-order valence-electron chi connectivity index (χ0n) is 13.7. The molecule has 2 aromatic rings. The molecule has 0 saturated heterocycles. The molecule has 0 aromatic heterocycles. The highest BCUT2D eigenvalue weighted by Crippen LogP contribution is 2.12. The lowest BCUT2D eigenvalue weighted by Gasteiger charge is -2.16. The summed E-state index contributed by atoms with van der Waals surface area (Å²) >= 11 is 0. The Morgan fingerprint density at radius 3 is 2.52 bits per heavy atom. The van der Waals surface area contributed by atoms with Crippen LogP contribution in [0.4, 0.5) is 0 Å². The number of carbonyl (C=O) groups excluding carboxylic acids is 2. The van der Waals surface area contributed by atoms with Crippen LogP contribution in [-0.4, -0.2) is 40.1 Å². The van der Waals surface area contributed by atoms with Gasteiger partial charge < -0.3 is 15.2 Å². The number of phenols is 1. The smallest absolute Gasteiger partial charge is 0.328 e. The fraction of sp³-hybridized carbons (Fsp3) is 0.222. The highest BCUT2D eigenvalue weighted by atomic mass is 32.2. The standard InChI is InChI=1S/C18H19NO5S/c1-24-18(22)16(10-11-25(23)15-8-3-2-4-9-15)19-17(21)13-6-5-7-14(20)12-13/h2-9,12,16,20H,10-11H2,1H3,(H,19,21)/t16-,25-/m1/s1. The molecule has 0 fully saturated rings. The quantitative estimate of drug-likeness (QED) is 0.735. The number of nitrogens with one attached hydrogen (secondary N) is 1.